The van der Waals surface area contributed by atoms with E-state index in [1.807, 2.05) is 0 Å². The van der Waals surface area contributed by atoms with Crippen LogP contribution in [-0.2, 0) is 11.8 Å². The zero-order valence-electron chi connectivity index (χ0n) is 16.5. The molecule has 1 amide bonds. The third-order valence-corrected chi connectivity index (χ3v) is 4.93. The largest absolute Gasteiger partial charge is 0.378 e. The number of nitrogens with zero attached hydrogens (tertiary/aromatic N) is 5. The first-order chi connectivity index (χ1) is 14.4. The molecule has 156 valence electrons. The molecule has 1 aromatic carbocycles. The molecule has 1 N–H and O–H groups in total. The number of morpholine rings is 1. The van der Waals surface area contributed by atoms with Crippen molar-refractivity contribution in [2.45, 2.75) is 6.92 Å². The topological polar surface area (TPSA) is 84.6 Å². The Morgan fingerprint density at radius 2 is 1.93 bits per heavy atom. The van der Waals surface area contributed by atoms with Crippen LogP contribution >= 0.6 is 0 Å². The van der Waals surface area contributed by atoms with Crippen molar-refractivity contribution in [3.8, 4) is 0 Å². The van der Waals surface area contributed by atoms with Crippen molar-refractivity contribution in [3.05, 3.63) is 53.4 Å². The molecule has 3 aromatic rings. The van der Waals surface area contributed by atoms with Crippen LogP contribution in [0.5, 0.6) is 0 Å². The quantitative estimate of drug-likeness (QED) is 0.524. The predicted octanol–water partition coefficient (Wildman–Crippen LogP) is 2.56. The first-order valence-corrected chi connectivity index (χ1v) is 9.39. The lowest BCUT2D eigenvalue weighted by Crippen LogP contribution is -2.40. The Bertz CT molecular complexity index is 1120. The number of aryl methyl sites for hydroxylation is 1. The summed E-state index contributed by atoms with van der Waals surface area (Å²) in [6, 6.07) is 5.55. The summed E-state index contributed by atoms with van der Waals surface area (Å²) in [5.74, 6) is -1.65. The number of halogens is 2. The van der Waals surface area contributed by atoms with Crippen LogP contribution in [0.4, 0.5) is 14.7 Å². The van der Waals surface area contributed by atoms with Gasteiger partial charge >= 0.3 is 0 Å². The average molecular weight is 414 g/mol. The molecule has 1 fully saturated rings. The van der Waals surface area contributed by atoms with E-state index in [0.717, 1.165) is 12.1 Å². The van der Waals surface area contributed by atoms with Gasteiger partial charge in [0.25, 0.3) is 5.91 Å². The Morgan fingerprint density at radius 1 is 1.20 bits per heavy atom. The molecule has 0 saturated carbocycles. The summed E-state index contributed by atoms with van der Waals surface area (Å²) in [7, 11) is 1.67. The van der Waals surface area contributed by atoms with Gasteiger partial charge in [-0.05, 0) is 19.1 Å². The number of rotatable bonds is 4. The molecule has 0 aliphatic carbocycles. The zero-order chi connectivity index (χ0) is 21.3. The third kappa shape index (κ3) is 3.86. The number of imidazole rings is 1. The molecule has 0 bridgehead atoms. The number of hydrazone groups is 1. The van der Waals surface area contributed by atoms with Crippen molar-refractivity contribution >= 4 is 28.6 Å². The summed E-state index contributed by atoms with van der Waals surface area (Å²) in [6.45, 7) is 3.96. The molecule has 1 aliphatic heterocycles. The number of hydrogen-bond acceptors (Lipinski definition) is 6. The number of hydrogen-bond donors (Lipinski definition) is 1. The first kappa shape index (κ1) is 19.9. The van der Waals surface area contributed by atoms with Crippen LogP contribution < -0.4 is 5.43 Å². The van der Waals surface area contributed by atoms with Crippen molar-refractivity contribution in [3.63, 3.8) is 0 Å². The number of pyridine rings is 1. The van der Waals surface area contributed by atoms with Gasteiger partial charge in [0.05, 0.1) is 41.2 Å². The maximum Gasteiger partial charge on any atom is 0.255 e. The smallest absolute Gasteiger partial charge is 0.255 e. The Morgan fingerprint density at radius 3 is 2.63 bits per heavy atom. The van der Waals surface area contributed by atoms with Gasteiger partial charge in [0, 0.05) is 38.5 Å². The number of ether oxygens (including phenoxy) is 1. The van der Waals surface area contributed by atoms with Crippen LogP contribution in [0, 0.1) is 11.6 Å². The Hall–Kier alpha value is -3.40. The molecule has 0 radical (unpaired) electrons. The van der Waals surface area contributed by atoms with Gasteiger partial charge in [-0.25, -0.2) is 19.2 Å². The third-order valence-electron chi connectivity index (χ3n) is 4.93. The van der Waals surface area contributed by atoms with Crippen molar-refractivity contribution in [1.29, 1.82) is 0 Å². The van der Waals surface area contributed by atoms with Crippen LogP contribution in [-0.4, -0.2) is 57.4 Å². The molecule has 0 spiro atoms. The summed E-state index contributed by atoms with van der Waals surface area (Å²) < 4.78 is 33.7. The molecule has 0 unspecified atom stereocenters. The van der Waals surface area contributed by atoms with Crippen molar-refractivity contribution in [1.82, 2.24) is 19.4 Å². The summed E-state index contributed by atoms with van der Waals surface area (Å²) in [5, 5.41) is 4.25. The maximum atomic E-state index is 13.5. The summed E-state index contributed by atoms with van der Waals surface area (Å²) in [4.78, 5) is 22.8. The zero-order valence-corrected chi connectivity index (χ0v) is 16.5. The highest BCUT2D eigenvalue weighted by molar-refractivity contribution is 5.99. The lowest BCUT2D eigenvalue weighted by atomic mass is 10.2. The SMILES string of the molecule is C/C(=N\Nc1nc2cc(F)c(F)cc2n1C)c1ccc(C(=O)N2CCOCC2)cn1. The van der Waals surface area contributed by atoms with E-state index in [4.69, 9.17) is 4.74 Å². The normalized spacial score (nSPS) is 14.9. The monoisotopic (exact) mass is 414 g/mol. The second-order valence-corrected chi connectivity index (χ2v) is 6.90. The van der Waals surface area contributed by atoms with Gasteiger partial charge in [0.2, 0.25) is 5.95 Å². The molecule has 3 heterocycles. The number of fused-ring (bicyclic) bond motifs is 1. The predicted molar refractivity (Wildman–Crippen MR) is 107 cm³/mol. The lowest BCUT2D eigenvalue weighted by molar-refractivity contribution is 0.0302. The number of anilines is 1. The van der Waals surface area contributed by atoms with Crippen LogP contribution in [0.2, 0.25) is 0 Å². The first-order valence-electron chi connectivity index (χ1n) is 9.39. The van der Waals surface area contributed by atoms with Crippen molar-refractivity contribution < 1.29 is 18.3 Å². The number of amides is 1. The van der Waals surface area contributed by atoms with Gasteiger partial charge in [-0.3, -0.25) is 9.78 Å². The summed E-state index contributed by atoms with van der Waals surface area (Å²) in [6.07, 6.45) is 1.52. The Kier molecular flexibility index (Phi) is 5.40. The average Bonchev–Trinajstić information content (AvgIpc) is 3.07. The molecular formula is C20H20F2N6O2. The molecule has 8 nitrogen and oxygen atoms in total. The Balaban J connectivity index is 1.49. The highest BCUT2D eigenvalue weighted by atomic mass is 19.2. The minimum absolute atomic E-state index is 0.0794. The summed E-state index contributed by atoms with van der Waals surface area (Å²) in [5.41, 5.74) is 5.19. The highest BCUT2D eigenvalue weighted by Gasteiger charge is 2.19. The minimum atomic E-state index is -0.956. The number of benzene rings is 1. The molecular weight excluding hydrogens is 394 g/mol. The van der Waals surface area contributed by atoms with E-state index in [9.17, 15) is 13.6 Å². The lowest BCUT2D eigenvalue weighted by Gasteiger charge is -2.26. The van der Waals surface area contributed by atoms with Crippen LogP contribution in [0.3, 0.4) is 0 Å². The van der Waals surface area contributed by atoms with Gasteiger partial charge in [-0.15, -0.1) is 0 Å². The van der Waals surface area contributed by atoms with Gasteiger partial charge in [-0.1, -0.05) is 0 Å². The van der Waals surface area contributed by atoms with Crippen LogP contribution in [0.15, 0.2) is 35.6 Å². The molecule has 1 saturated heterocycles. The minimum Gasteiger partial charge on any atom is -0.378 e. The molecule has 0 atom stereocenters. The molecule has 2 aromatic heterocycles. The molecule has 4 rings (SSSR count). The second kappa shape index (κ2) is 8.15. The van der Waals surface area contributed by atoms with E-state index < -0.39 is 11.6 Å². The van der Waals surface area contributed by atoms with E-state index in [-0.39, 0.29) is 5.91 Å². The van der Waals surface area contributed by atoms with E-state index >= 15 is 0 Å². The molecule has 1 aliphatic rings. The number of nitrogens with one attached hydrogen (secondary N) is 1. The number of aromatic nitrogens is 3. The second-order valence-electron chi connectivity index (χ2n) is 6.90. The fourth-order valence-corrected chi connectivity index (χ4v) is 3.16. The summed E-state index contributed by atoms with van der Waals surface area (Å²) >= 11 is 0. The van der Waals surface area contributed by atoms with Crippen molar-refractivity contribution in [2.24, 2.45) is 12.1 Å². The van der Waals surface area contributed by atoms with E-state index in [2.05, 4.69) is 20.5 Å². The number of carbonyl (C=O) groups excluding carboxylic acids is 1. The van der Waals surface area contributed by atoms with E-state index in [1.165, 1.54) is 6.20 Å². The maximum absolute atomic E-state index is 13.5. The van der Waals surface area contributed by atoms with E-state index in [0.29, 0.717) is 60.3 Å². The van der Waals surface area contributed by atoms with Gasteiger partial charge in [0.15, 0.2) is 11.6 Å². The fraction of sp³-hybridized carbons (Fsp3) is 0.300. The highest BCUT2D eigenvalue weighted by Crippen LogP contribution is 2.21. The van der Waals surface area contributed by atoms with Gasteiger partial charge < -0.3 is 14.2 Å². The fourth-order valence-electron chi connectivity index (χ4n) is 3.16. The van der Waals surface area contributed by atoms with Crippen LogP contribution in [0.25, 0.3) is 11.0 Å². The van der Waals surface area contributed by atoms with Crippen LogP contribution in [0.1, 0.15) is 23.0 Å². The van der Waals surface area contributed by atoms with E-state index in [1.54, 1.807) is 35.6 Å². The number of carbonyl (C=O) groups is 1. The Labute approximate surface area is 171 Å². The molecule has 30 heavy (non-hydrogen) atoms. The standard InChI is InChI=1S/C20H20F2N6O2/c1-12(16-4-3-13(11-23-16)19(29)28-5-7-30-8-6-28)25-26-20-24-17-9-14(21)15(22)10-18(17)27(20)2/h3-4,9-11H,5-8H2,1-2H3,(H,24,26)/b25-12+. The molecule has 10 heteroatoms. The van der Waals surface area contributed by atoms with Gasteiger partial charge in [0.1, 0.15) is 0 Å². The van der Waals surface area contributed by atoms with Crippen molar-refractivity contribution in [2.75, 3.05) is 31.7 Å². The van der Waals surface area contributed by atoms with Gasteiger partial charge in [-0.2, -0.15) is 5.10 Å².